The molecule has 0 nitrogen and oxygen atoms in total. The van der Waals surface area contributed by atoms with Crippen molar-refractivity contribution in [2.45, 2.75) is 48.0 Å². The van der Waals surface area contributed by atoms with E-state index < -0.39 is 26.8 Å². The zero-order valence-electron chi connectivity index (χ0n) is 24.3. The van der Waals surface area contributed by atoms with Gasteiger partial charge < -0.3 is 0 Å². The monoisotopic (exact) mass is 659 g/mol. The summed E-state index contributed by atoms with van der Waals surface area (Å²) in [5.74, 6) is -0.864. The summed E-state index contributed by atoms with van der Waals surface area (Å²) in [4.78, 5) is 0. The van der Waals surface area contributed by atoms with Crippen LogP contribution >= 0.6 is 24.8 Å². The quantitative estimate of drug-likeness (QED) is 0.187. The predicted octanol–water partition coefficient (Wildman–Crippen LogP) is 10.7. The van der Waals surface area contributed by atoms with Gasteiger partial charge in [0, 0.05) is 0 Å². The summed E-state index contributed by atoms with van der Waals surface area (Å²) in [6.07, 6.45) is 5.09. The number of allylic oxidation sites excluding steroid dienone is 2. The van der Waals surface area contributed by atoms with E-state index in [0.29, 0.717) is 7.25 Å². The maximum atomic E-state index is 2.65. The molecule has 205 valence electrons. The van der Waals surface area contributed by atoms with Gasteiger partial charge in [0.15, 0.2) is 0 Å². The minimum Gasteiger partial charge on any atom is -0.147 e. The summed E-state index contributed by atoms with van der Waals surface area (Å²) in [7, 11) is 0. The second-order valence-corrected chi connectivity index (χ2v) is 31.7. The molecule has 0 aliphatic heterocycles. The van der Waals surface area contributed by atoms with Gasteiger partial charge in [-0.3, -0.25) is 0 Å². The number of hydrogen-bond donors (Lipinski definition) is 0. The van der Waals surface area contributed by atoms with Crippen LogP contribution in [0.3, 0.4) is 0 Å². The SMILES string of the molecule is CC1=Cc2c(-c3ccc(C)cc3)cccc2[CH]1[Zr]([CH]1C(C)=Cc2c(-c3ccc(C)cc3)cccc21)[SiH](C)C.Cl.Cl. The first-order valence-electron chi connectivity index (χ1n) is 14.0. The molecule has 0 saturated carbocycles. The standard InChI is InChI=1S/2C17H15.C2H7Si.2ClH.Zr/c2*1-12-6-8-14(9-7-12)16-5-3-4-15-10-13(2)11-17(15)16;1-3-2;;;/h2*3-11H,1-2H3;3H,1-2H3;2*1H;. The Labute approximate surface area is 261 Å². The number of benzene rings is 4. The molecule has 0 bridgehead atoms. The summed E-state index contributed by atoms with van der Waals surface area (Å²) < 4.78 is 1.35. The topological polar surface area (TPSA) is 0 Å². The zero-order valence-corrected chi connectivity index (χ0v) is 29.5. The van der Waals surface area contributed by atoms with Crippen molar-refractivity contribution in [3.63, 3.8) is 0 Å². The Morgan fingerprint density at radius 1 is 0.525 bits per heavy atom. The summed E-state index contributed by atoms with van der Waals surface area (Å²) in [6.45, 7) is 14.5. The molecule has 4 heteroatoms. The Morgan fingerprint density at radius 3 is 1.25 bits per heavy atom. The third-order valence-electron chi connectivity index (χ3n) is 8.61. The van der Waals surface area contributed by atoms with Gasteiger partial charge in [-0.15, -0.1) is 24.8 Å². The van der Waals surface area contributed by atoms with Crippen LogP contribution in [0.2, 0.25) is 13.1 Å². The summed E-state index contributed by atoms with van der Waals surface area (Å²) in [5, 5.41) is 0. The van der Waals surface area contributed by atoms with E-state index in [9.17, 15) is 0 Å². The Balaban J connectivity index is 0.00000185. The maximum absolute atomic E-state index is 2.65. The van der Waals surface area contributed by atoms with E-state index in [-0.39, 0.29) is 24.8 Å². The molecule has 0 heterocycles. The molecule has 0 N–H and O–H groups in total. The van der Waals surface area contributed by atoms with Crippen LogP contribution in [0.5, 0.6) is 0 Å². The van der Waals surface area contributed by atoms with Gasteiger partial charge in [0.2, 0.25) is 0 Å². The van der Waals surface area contributed by atoms with Crippen LogP contribution in [-0.4, -0.2) is 5.92 Å². The number of halogens is 2. The first-order valence-corrected chi connectivity index (χ1v) is 23.9. The minimum absolute atomic E-state index is 0. The Morgan fingerprint density at radius 2 is 0.900 bits per heavy atom. The molecule has 0 amide bonds. The molecule has 6 rings (SSSR count). The van der Waals surface area contributed by atoms with E-state index in [1.54, 1.807) is 22.3 Å². The van der Waals surface area contributed by atoms with Crippen molar-refractivity contribution in [1.82, 2.24) is 0 Å². The van der Waals surface area contributed by atoms with Crippen molar-refractivity contribution in [2.75, 3.05) is 0 Å². The van der Waals surface area contributed by atoms with Crippen molar-refractivity contribution >= 4 is 42.9 Å². The van der Waals surface area contributed by atoms with Crippen molar-refractivity contribution in [3.05, 3.63) is 129 Å². The van der Waals surface area contributed by atoms with E-state index in [4.69, 9.17) is 0 Å². The van der Waals surface area contributed by atoms with Crippen molar-refractivity contribution in [2.24, 2.45) is 0 Å². The van der Waals surface area contributed by atoms with E-state index >= 15 is 0 Å². The van der Waals surface area contributed by atoms with Crippen LogP contribution in [0.15, 0.2) is 96.1 Å². The van der Waals surface area contributed by atoms with Crippen LogP contribution in [0.1, 0.15) is 54.5 Å². The number of rotatable bonds is 5. The van der Waals surface area contributed by atoms with Gasteiger partial charge in [-0.2, -0.15) is 0 Å². The van der Waals surface area contributed by atoms with Gasteiger partial charge in [-0.1, -0.05) is 0 Å². The summed E-state index contributed by atoms with van der Waals surface area (Å²) in [6, 6.07) is 32.4. The van der Waals surface area contributed by atoms with Crippen molar-refractivity contribution in [1.29, 1.82) is 0 Å². The van der Waals surface area contributed by atoms with Crippen molar-refractivity contribution in [3.8, 4) is 22.3 Å². The average molecular weight is 662 g/mol. The first kappa shape index (κ1) is 31.0. The van der Waals surface area contributed by atoms with E-state index in [2.05, 4.69) is 138 Å². The Hall–Kier alpha value is -1.96. The molecule has 0 saturated heterocycles. The number of hydrogen-bond acceptors (Lipinski definition) is 0. The summed E-state index contributed by atoms with van der Waals surface area (Å²) >= 11 is -2.03. The fourth-order valence-electron chi connectivity index (χ4n) is 6.79. The third kappa shape index (κ3) is 5.46. The normalized spacial score (nSPS) is 16.9. The molecular weight excluding hydrogens is 623 g/mol. The second kappa shape index (κ2) is 12.5. The van der Waals surface area contributed by atoms with Crippen LogP contribution in [-0.2, 0) is 20.9 Å². The summed E-state index contributed by atoms with van der Waals surface area (Å²) in [5.41, 5.74) is 17.6. The third-order valence-corrected chi connectivity index (χ3v) is 30.8. The molecule has 4 aromatic rings. The molecule has 2 unspecified atom stereocenters. The molecule has 0 aromatic heterocycles. The first-order chi connectivity index (χ1) is 18.3. The van der Waals surface area contributed by atoms with Gasteiger partial charge in [0.05, 0.1) is 0 Å². The van der Waals surface area contributed by atoms with Crippen molar-refractivity contribution < 1.29 is 20.9 Å². The smallest absolute Gasteiger partial charge is 0.147 e. The van der Waals surface area contributed by atoms with Gasteiger partial charge in [-0.25, -0.2) is 0 Å². The Kier molecular flexibility index (Phi) is 9.68. The van der Waals surface area contributed by atoms with Gasteiger partial charge in [0.1, 0.15) is 0 Å². The minimum atomic E-state index is -2.03. The number of aryl methyl sites for hydroxylation is 2. The largest absolute Gasteiger partial charge is 0.147 e. The maximum Gasteiger partial charge on any atom is -0.147 e. The Bertz CT molecular complexity index is 1470. The molecule has 0 spiro atoms. The molecule has 0 fully saturated rings. The molecule has 0 radical (unpaired) electrons. The average Bonchev–Trinajstić information content (AvgIpc) is 3.41. The van der Waals surface area contributed by atoms with Crippen LogP contribution in [0, 0.1) is 13.8 Å². The second-order valence-electron chi connectivity index (χ2n) is 11.6. The van der Waals surface area contributed by atoms with Crippen LogP contribution < -0.4 is 0 Å². The van der Waals surface area contributed by atoms with Gasteiger partial charge in [0.25, 0.3) is 0 Å². The fraction of sp³-hybridized carbons (Fsp3) is 0.222. The van der Waals surface area contributed by atoms with Gasteiger partial charge in [-0.05, 0) is 0 Å². The molecular formula is C36H39Cl2SiZr. The van der Waals surface area contributed by atoms with E-state index in [1.165, 1.54) is 44.5 Å². The molecule has 40 heavy (non-hydrogen) atoms. The fourth-order valence-corrected chi connectivity index (χ4v) is 30.0. The van der Waals surface area contributed by atoms with Crippen LogP contribution in [0.4, 0.5) is 0 Å². The molecule has 4 aromatic carbocycles. The number of fused-ring (bicyclic) bond motifs is 2. The molecule has 2 aliphatic rings. The van der Waals surface area contributed by atoms with Crippen LogP contribution in [0.25, 0.3) is 34.4 Å². The zero-order chi connectivity index (χ0) is 26.6. The molecule has 2 atom stereocenters. The van der Waals surface area contributed by atoms with E-state index in [1.807, 2.05) is 0 Å². The van der Waals surface area contributed by atoms with E-state index in [0.717, 1.165) is 0 Å². The van der Waals surface area contributed by atoms with Gasteiger partial charge >= 0.3 is 239 Å². The molecule has 2 aliphatic carbocycles. The predicted molar refractivity (Wildman–Crippen MR) is 179 cm³/mol.